The Morgan fingerprint density at radius 2 is 2.05 bits per heavy atom. The highest BCUT2D eigenvalue weighted by Crippen LogP contribution is 2.22. The molecule has 0 radical (unpaired) electrons. The molecule has 3 rings (SSSR count). The van der Waals surface area contributed by atoms with Crippen molar-refractivity contribution in [2.24, 2.45) is 0 Å². The maximum atomic E-state index is 12.1. The summed E-state index contributed by atoms with van der Waals surface area (Å²) in [5.41, 5.74) is 1.81. The summed E-state index contributed by atoms with van der Waals surface area (Å²) in [6.07, 6.45) is 2.72. The number of hydrogen-bond donors (Lipinski definition) is 1. The molecular formula is C17H21N3O2. The number of nitrogens with zero attached hydrogens (tertiary/aromatic N) is 2. The number of aromatic nitrogens is 1. The van der Waals surface area contributed by atoms with Crippen LogP contribution in [-0.4, -0.2) is 35.1 Å². The highest BCUT2D eigenvalue weighted by atomic mass is 16.5. The zero-order chi connectivity index (χ0) is 15.4. The number of hydrogen-bond acceptors (Lipinski definition) is 4. The Labute approximate surface area is 130 Å². The second-order valence-electron chi connectivity index (χ2n) is 5.78. The third-order valence-electron chi connectivity index (χ3n) is 3.91. The molecule has 1 aromatic carbocycles. The van der Waals surface area contributed by atoms with Crippen LogP contribution in [0.1, 0.15) is 26.2 Å². The van der Waals surface area contributed by atoms with E-state index in [1.54, 1.807) is 0 Å². The lowest BCUT2D eigenvalue weighted by Crippen LogP contribution is -2.32. The predicted molar refractivity (Wildman–Crippen MR) is 85.5 cm³/mol. The zero-order valence-electron chi connectivity index (χ0n) is 12.8. The molecule has 0 bridgehead atoms. The van der Waals surface area contributed by atoms with Crippen LogP contribution in [0.2, 0.25) is 0 Å². The Morgan fingerprint density at radius 3 is 2.77 bits per heavy atom. The molecule has 0 aliphatic carbocycles. The molecular weight excluding hydrogens is 278 g/mol. The summed E-state index contributed by atoms with van der Waals surface area (Å²) in [5, 5.41) is 7.27. The molecule has 1 aliphatic rings. The average molecular weight is 299 g/mol. The second kappa shape index (κ2) is 6.64. The van der Waals surface area contributed by atoms with Crippen molar-refractivity contribution >= 4 is 11.8 Å². The van der Waals surface area contributed by atoms with Gasteiger partial charge in [0.1, 0.15) is 5.69 Å². The van der Waals surface area contributed by atoms with Crippen LogP contribution < -0.4 is 5.32 Å². The summed E-state index contributed by atoms with van der Waals surface area (Å²) in [5.74, 6) is 0.806. The van der Waals surface area contributed by atoms with Gasteiger partial charge < -0.3 is 14.7 Å². The van der Waals surface area contributed by atoms with Gasteiger partial charge in [0, 0.05) is 37.2 Å². The van der Waals surface area contributed by atoms with Crippen LogP contribution in [0.5, 0.6) is 0 Å². The number of anilines is 1. The summed E-state index contributed by atoms with van der Waals surface area (Å²) in [4.78, 5) is 14.1. The van der Waals surface area contributed by atoms with Gasteiger partial charge in [-0.05, 0) is 19.8 Å². The molecule has 1 aliphatic heterocycles. The van der Waals surface area contributed by atoms with Crippen LogP contribution >= 0.6 is 0 Å². The highest BCUT2D eigenvalue weighted by Gasteiger charge is 2.20. The van der Waals surface area contributed by atoms with Gasteiger partial charge in [0.25, 0.3) is 0 Å². The third kappa shape index (κ3) is 3.47. The molecule has 0 saturated carbocycles. The van der Waals surface area contributed by atoms with Crippen LogP contribution in [0.3, 0.4) is 0 Å². The van der Waals surface area contributed by atoms with E-state index in [1.807, 2.05) is 48.2 Å². The van der Waals surface area contributed by atoms with Crippen LogP contribution in [0.25, 0.3) is 11.3 Å². The molecule has 1 N–H and O–H groups in total. The van der Waals surface area contributed by atoms with Gasteiger partial charge >= 0.3 is 0 Å². The number of rotatable bonds is 5. The van der Waals surface area contributed by atoms with Crippen molar-refractivity contribution in [2.75, 3.05) is 18.4 Å². The van der Waals surface area contributed by atoms with E-state index in [0.717, 1.165) is 37.2 Å². The van der Waals surface area contributed by atoms with Gasteiger partial charge in [0.15, 0.2) is 0 Å². The molecule has 2 aromatic rings. The van der Waals surface area contributed by atoms with Crippen molar-refractivity contribution in [3.05, 3.63) is 36.4 Å². The lowest BCUT2D eigenvalue weighted by molar-refractivity contribution is -0.130. The first-order chi connectivity index (χ1) is 10.7. The smallest absolute Gasteiger partial charge is 0.225 e. The molecule has 0 spiro atoms. The summed E-state index contributed by atoms with van der Waals surface area (Å²) < 4.78 is 5.31. The molecule has 5 heteroatoms. The predicted octanol–water partition coefficient (Wildman–Crippen LogP) is 3.15. The van der Waals surface area contributed by atoms with Crippen LogP contribution in [0.15, 0.2) is 40.9 Å². The second-order valence-corrected chi connectivity index (χ2v) is 5.78. The van der Waals surface area contributed by atoms with Crippen LogP contribution in [0, 0.1) is 0 Å². The first-order valence-corrected chi connectivity index (χ1v) is 7.79. The minimum absolute atomic E-state index is 0.0182. The van der Waals surface area contributed by atoms with Crippen molar-refractivity contribution in [2.45, 2.75) is 32.2 Å². The molecule has 1 atom stereocenters. The largest absolute Gasteiger partial charge is 0.351 e. The van der Waals surface area contributed by atoms with E-state index in [-0.39, 0.29) is 11.9 Å². The third-order valence-corrected chi connectivity index (χ3v) is 3.91. The summed E-state index contributed by atoms with van der Waals surface area (Å²) in [6.45, 7) is 3.77. The van der Waals surface area contributed by atoms with Crippen LogP contribution in [0.4, 0.5) is 5.88 Å². The standard InChI is InChI=1S/C17H21N3O2/c1-13(11-17(21)20-9-5-6-10-20)18-16-12-15(19-22-16)14-7-3-2-4-8-14/h2-4,7-8,12-13,18H,5-6,9-11H2,1H3. The zero-order valence-corrected chi connectivity index (χ0v) is 12.8. The average Bonchev–Trinajstić information content (AvgIpc) is 3.19. The lowest BCUT2D eigenvalue weighted by Gasteiger charge is -2.18. The van der Waals surface area contributed by atoms with Crippen molar-refractivity contribution < 1.29 is 9.32 Å². The molecule has 5 nitrogen and oxygen atoms in total. The fraction of sp³-hybridized carbons (Fsp3) is 0.412. The van der Waals surface area contributed by atoms with E-state index in [9.17, 15) is 4.79 Å². The van der Waals surface area contributed by atoms with E-state index in [1.165, 1.54) is 0 Å². The Bertz CT molecular complexity index is 618. The van der Waals surface area contributed by atoms with Crippen molar-refractivity contribution in [3.63, 3.8) is 0 Å². The Hall–Kier alpha value is -2.30. The highest BCUT2D eigenvalue weighted by molar-refractivity contribution is 5.77. The molecule has 1 saturated heterocycles. The van der Waals surface area contributed by atoms with Crippen molar-refractivity contribution in [3.8, 4) is 11.3 Å². The van der Waals surface area contributed by atoms with E-state index in [0.29, 0.717) is 12.3 Å². The molecule has 116 valence electrons. The van der Waals surface area contributed by atoms with Gasteiger partial charge in [-0.25, -0.2) is 0 Å². The van der Waals surface area contributed by atoms with Gasteiger partial charge in [-0.2, -0.15) is 0 Å². The Kier molecular flexibility index (Phi) is 4.42. The maximum absolute atomic E-state index is 12.1. The lowest BCUT2D eigenvalue weighted by atomic mass is 10.1. The van der Waals surface area contributed by atoms with Gasteiger partial charge in [-0.3, -0.25) is 4.79 Å². The SMILES string of the molecule is CC(CC(=O)N1CCCC1)Nc1cc(-c2ccccc2)no1. The minimum atomic E-state index is 0.0182. The van der Waals surface area contributed by atoms with E-state index in [2.05, 4.69) is 10.5 Å². The molecule has 2 heterocycles. The van der Waals surface area contributed by atoms with Gasteiger partial charge in [-0.15, -0.1) is 0 Å². The van der Waals surface area contributed by atoms with Crippen molar-refractivity contribution in [1.29, 1.82) is 0 Å². The fourth-order valence-corrected chi connectivity index (χ4v) is 2.74. The summed E-state index contributed by atoms with van der Waals surface area (Å²) >= 11 is 0. The fourth-order valence-electron chi connectivity index (χ4n) is 2.74. The van der Waals surface area contributed by atoms with Crippen molar-refractivity contribution in [1.82, 2.24) is 10.1 Å². The first kappa shape index (κ1) is 14.6. The molecule has 22 heavy (non-hydrogen) atoms. The first-order valence-electron chi connectivity index (χ1n) is 7.79. The topological polar surface area (TPSA) is 58.4 Å². The summed E-state index contributed by atoms with van der Waals surface area (Å²) in [6, 6.07) is 11.8. The number of amides is 1. The molecule has 1 unspecified atom stereocenters. The molecule has 1 amide bonds. The number of nitrogens with one attached hydrogen (secondary N) is 1. The number of carbonyl (C=O) groups excluding carboxylic acids is 1. The maximum Gasteiger partial charge on any atom is 0.225 e. The Balaban J connectivity index is 1.56. The number of likely N-dealkylation sites (tertiary alicyclic amines) is 1. The van der Waals surface area contributed by atoms with E-state index in [4.69, 9.17) is 4.52 Å². The summed E-state index contributed by atoms with van der Waals surface area (Å²) in [7, 11) is 0. The number of benzene rings is 1. The van der Waals surface area contributed by atoms with Gasteiger partial charge in [0.2, 0.25) is 11.8 Å². The normalized spacial score (nSPS) is 15.8. The quantitative estimate of drug-likeness (QED) is 0.921. The molecule has 1 aromatic heterocycles. The van der Waals surface area contributed by atoms with E-state index >= 15 is 0 Å². The van der Waals surface area contributed by atoms with Gasteiger partial charge in [-0.1, -0.05) is 35.5 Å². The van der Waals surface area contributed by atoms with Crippen LogP contribution in [-0.2, 0) is 4.79 Å². The molecule has 1 fully saturated rings. The Morgan fingerprint density at radius 1 is 1.32 bits per heavy atom. The van der Waals surface area contributed by atoms with Gasteiger partial charge in [0.05, 0.1) is 0 Å². The van der Waals surface area contributed by atoms with E-state index < -0.39 is 0 Å². The monoisotopic (exact) mass is 299 g/mol. The number of carbonyl (C=O) groups is 1. The minimum Gasteiger partial charge on any atom is -0.351 e.